The molecule has 0 aromatic heterocycles. The van der Waals surface area contributed by atoms with Crippen molar-refractivity contribution in [2.75, 3.05) is 13.2 Å². The smallest absolute Gasteiger partial charge is 0.192 e. The Labute approximate surface area is 147 Å². The van der Waals surface area contributed by atoms with Gasteiger partial charge in [-0.15, -0.1) is 0 Å². The summed E-state index contributed by atoms with van der Waals surface area (Å²) < 4.78 is 10.7. The molecule has 0 atom stereocenters. The molecule has 0 aliphatic rings. The highest BCUT2D eigenvalue weighted by molar-refractivity contribution is 5.90. The van der Waals surface area contributed by atoms with Crippen LogP contribution in [-0.4, -0.2) is 24.8 Å². The van der Waals surface area contributed by atoms with Crippen LogP contribution < -0.4 is 9.47 Å². The first-order chi connectivity index (χ1) is 12.1. The Morgan fingerprint density at radius 3 is 1.40 bits per heavy atom. The molecule has 0 saturated heterocycles. The van der Waals surface area contributed by atoms with E-state index in [2.05, 4.69) is 13.2 Å². The number of ether oxygens (including phenoxy) is 2. The SMILES string of the molecule is C=CC(=O)COc1ccc(Cc2ccc(OCC(=O)C=C)cc2)cc1. The zero-order chi connectivity index (χ0) is 18.1. The molecule has 4 heteroatoms. The largest absolute Gasteiger partial charge is 0.485 e. The van der Waals surface area contributed by atoms with Crippen molar-refractivity contribution in [3.8, 4) is 11.5 Å². The molecule has 0 saturated carbocycles. The Morgan fingerprint density at radius 1 is 0.720 bits per heavy atom. The van der Waals surface area contributed by atoms with Crippen molar-refractivity contribution in [3.05, 3.63) is 85.0 Å². The molecule has 4 nitrogen and oxygen atoms in total. The lowest BCUT2D eigenvalue weighted by Gasteiger charge is -2.07. The van der Waals surface area contributed by atoms with Gasteiger partial charge in [0.05, 0.1) is 0 Å². The second-order valence-corrected chi connectivity index (χ2v) is 5.38. The number of carbonyl (C=O) groups excluding carboxylic acids is 2. The van der Waals surface area contributed by atoms with Crippen molar-refractivity contribution in [1.29, 1.82) is 0 Å². The molecule has 2 rings (SSSR count). The van der Waals surface area contributed by atoms with Crippen LogP contribution in [-0.2, 0) is 16.0 Å². The van der Waals surface area contributed by atoms with Crippen molar-refractivity contribution in [3.63, 3.8) is 0 Å². The monoisotopic (exact) mass is 336 g/mol. The molecule has 25 heavy (non-hydrogen) atoms. The third-order valence-electron chi connectivity index (χ3n) is 3.47. The summed E-state index contributed by atoms with van der Waals surface area (Å²) in [5.74, 6) is 0.992. The van der Waals surface area contributed by atoms with E-state index in [1.165, 1.54) is 12.2 Å². The van der Waals surface area contributed by atoms with Crippen LogP contribution in [0.25, 0.3) is 0 Å². The minimum absolute atomic E-state index is 0.00132. The first kappa shape index (κ1) is 18.2. The average molecular weight is 336 g/mol. The normalized spacial score (nSPS) is 9.92. The summed E-state index contributed by atoms with van der Waals surface area (Å²) in [5.41, 5.74) is 2.25. The van der Waals surface area contributed by atoms with Crippen LogP contribution in [0.3, 0.4) is 0 Å². The summed E-state index contributed by atoms with van der Waals surface area (Å²) in [6, 6.07) is 15.2. The van der Waals surface area contributed by atoms with Gasteiger partial charge >= 0.3 is 0 Å². The number of benzene rings is 2. The van der Waals surface area contributed by atoms with E-state index in [4.69, 9.17) is 9.47 Å². The lowest BCUT2D eigenvalue weighted by atomic mass is 10.0. The standard InChI is InChI=1S/C21H20O4/c1-3-18(22)14-24-20-9-5-16(6-10-20)13-17-7-11-21(12-8-17)25-15-19(23)4-2/h3-12H,1-2,13-15H2. The molecule has 0 fully saturated rings. The quantitative estimate of drug-likeness (QED) is 0.623. The van der Waals surface area contributed by atoms with E-state index in [1.54, 1.807) is 0 Å². The number of carbonyl (C=O) groups is 2. The van der Waals surface area contributed by atoms with Crippen LogP contribution in [0.15, 0.2) is 73.8 Å². The predicted molar refractivity (Wildman–Crippen MR) is 97.1 cm³/mol. The minimum atomic E-state index is -0.152. The van der Waals surface area contributed by atoms with Crippen molar-refractivity contribution < 1.29 is 19.1 Å². The van der Waals surface area contributed by atoms with E-state index in [0.717, 1.165) is 17.5 Å². The van der Waals surface area contributed by atoms with Gasteiger partial charge in [-0.3, -0.25) is 9.59 Å². The van der Waals surface area contributed by atoms with E-state index in [0.29, 0.717) is 11.5 Å². The van der Waals surface area contributed by atoms with Crippen LogP contribution >= 0.6 is 0 Å². The van der Waals surface area contributed by atoms with Crippen LogP contribution in [0, 0.1) is 0 Å². The van der Waals surface area contributed by atoms with Gasteiger partial charge in [-0.1, -0.05) is 37.4 Å². The first-order valence-corrected chi connectivity index (χ1v) is 7.84. The number of hydrogen-bond donors (Lipinski definition) is 0. The molecule has 0 N–H and O–H groups in total. The highest BCUT2D eigenvalue weighted by Gasteiger charge is 2.02. The summed E-state index contributed by atoms with van der Waals surface area (Å²) in [5, 5.41) is 0. The lowest BCUT2D eigenvalue weighted by molar-refractivity contribution is -0.117. The molecule has 0 radical (unpaired) electrons. The molecule has 2 aromatic carbocycles. The first-order valence-electron chi connectivity index (χ1n) is 7.84. The Hall–Kier alpha value is -3.14. The summed E-state index contributed by atoms with van der Waals surface area (Å²) in [6.07, 6.45) is 3.25. The zero-order valence-electron chi connectivity index (χ0n) is 13.9. The second-order valence-electron chi connectivity index (χ2n) is 5.38. The molecule has 0 spiro atoms. The fraction of sp³-hybridized carbons (Fsp3) is 0.143. The van der Waals surface area contributed by atoms with E-state index >= 15 is 0 Å². The van der Waals surface area contributed by atoms with E-state index in [-0.39, 0.29) is 24.8 Å². The van der Waals surface area contributed by atoms with Crippen LogP contribution in [0.1, 0.15) is 11.1 Å². The maximum Gasteiger partial charge on any atom is 0.192 e. The molecule has 2 aromatic rings. The van der Waals surface area contributed by atoms with Gasteiger partial charge in [0.25, 0.3) is 0 Å². The summed E-state index contributed by atoms with van der Waals surface area (Å²) >= 11 is 0. The fourth-order valence-corrected chi connectivity index (χ4v) is 2.07. The van der Waals surface area contributed by atoms with Gasteiger partial charge < -0.3 is 9.47 Å². The van der Waals surface area contributed by atoms with Gasteiger partial charge in [0, 0.05) is 0 Å². The van der Waals surface area contributed by atoms with Gasteiger partial charge in [-0.2, -0.15) is 0 Å². The number of rotatable bonds is 10. The van der Waals surface area contributed by atoms with Gasteiger partial charge in [0.1, 0.15) is 11.5 Å². The van der Waals surface area contributed by atoms with Gasteiger partial charge in [0.2, 0.25) is 0 Å². The molecular weight excluding hydrogens is 316 g/mol. The molecule has 0 unspecified atom stereocenters. The topological polar surface area (TPSA) is 52.6 Å². The van der Waals surface area contributed by atoms with E-state index in [1.807, 2.05) is 48.5 Å². The van der Waals surface area contributed by atoms with Crippen molar-refractivity contribution >= 4 is 11.6 Å². The zero-order valence-corrected chi connectivity index (χ0v) is 13.9. The maximum atomic E-state index is 11.1. The third-order valence-corrected chi connectivity index (χ3v) is 3.47. The van der Waals surface area contributed by atoms with Crippen molar-refractivity contribution in [2.24, 2.45) is 0 Å². The van der Waals surface area contributed by atoms with E-state index < -0.39 is 0 Å². The Bertz CT molecular complexity index is 677. The van der Waals surface area contributed by atoms with Gasteiger partial charge in [0.15, 0.2) is 24.8 Å². The van der Waals surface area contributed by atoms with Crippen molar-refractivity contribution in [2.45, 2.75) is 6.42 Å². The van der Waals surface area contributed by atoms with Gasteiger partial charge in [-0.25, -0.2) is 0 Å². The Morgan fingerprint density at radius 2 is 1.08 bits per heavy atom. The molecule has 0 amide bonds. The Balaban J connectivity index is 1.89. The van der Waals surface area contributed by atoms with E-state index in [9.17, 15) is 9.59 Å². The van der Waals surface area contributed by atoms with Crippen LogP contribution in [0.5, 0.6) is 11.5 Å². The lowest BCUT2D eigenvalue weighted by Crippen LogP contribution is -2.07. The Kier molecular flexibility index (Phi) is 6.72. The highest BCUT2D eigenvalue weighted by Crippen LogP contribution is 2.18. The molecule has 128 valence electrons. The van der Waals surface area contributed by atoms with Crippen molar-refractivity contribution in [1.82, 2.24) is 0 Å². The maximum absolute atomic E-state index is 11.1. The third kappa shape index (κ3) is 6.11. The summed E-state index contributed by atoms with van der Waals surface area (Å²) in [7, 11) is 0. The molecule has 0 aliphatic carbocycles. The molecule has 0 bridgehead atoms. The molecular formula is C21H20O4. The van der Waals surface area contributed by atoms with Crippen LogP contribution in [0.4, 0.5) is 0 Å². The minimum Gasteiger partial charge on any atom is -0.485 e. The fourth-order valence-electron chi connectivity index (χ4n) is 2.07. The summed E-state index contributed by atoms with van der Waals surface area (Å²) in [4.78, 5) is 22.3. The van der Waals surface area contributed by atoms with Crippen LogP contribution in [0.2, 0.25) is 0 Å². The molecule has 0 heterocycles. The highest BCUT2D eigenvalue weighted by atomic mass is 16.5. The number of hydrogen-bond acceptors (Lipinski definition) is 4. The summed E-state index contributed by atoms with van der Waals surface area (Å²) in [6.45, 7) is 6.81. The number of ketones is 2. The van der Waals surface area contributed by atoms with Gasteiger partial charge in [-0.05, 0) is 54.0 Å². The second kappa shape index (κ2) is 9.23. The molecule has 0 aliphatic heterocycles. The predicted octanol–water partition coefficient (Wildman–Crippen LogP) is 3.55. The average Bonchev–Trinajstić information content (AvgIpc) is 2.66.